The number of Topliss-reactive ketones (excluding diaryl/α,β-unsaturated/α-hetero) is 1. The number of ether oxygens (including phenoxy) is 2. The summed E-state index contributed by atoms with van der Waals surface area (Å²) >= 11 is 0. The lowest BCUT2D eigenvalue weighted by molar-refractivity contribution is 0.0918. The summed E-state index contributed by atoms with van der Waals surface area (Å²) in [6.07, 6.45) is 0.754. The molecule has 2 aromatic rings. The molecule has 0 aliphatic carbocycles. The van der Waals surface area contributed by atoms with Gasteiger partial charge in [0.2, 0.25) is 5.78 Å². The van der Waals surface area contributed by atoms with Gasteiger partial charge in [-0.15, -0.1) is 0 Å². The van der Waals surface area contributed by atoms with Gasteiger partial charge in [-0.3, -0.25) is 9.59 Å². The number of hydrogen-bond acceptors (Lipinski definition) is 4. The quantitative estimate of drug-likeness (QED) is 0.598. The molecule has 0 saturated carbocycles. The summed E-state index contributed by atoms with van der Waals surface area (Å²) < 4.78 is 10.5. The van der Waals surface area contributed by atoms with E-state index in [1.165, 1.54) is 7.11 Å². The summed E-state index contributed by atoms with van der Waals surface area (Å²) in [7, 11) is 1.52. The van der Waals surface area contributed by atoms with E-state index in [-0.39, 0.29) is 12.4 Å². The molecular formula is C16H14O4. The molecule has 0 atom stereocenters. The zero-order chi connectivity index (χ0) is 14.4. The minimum Gasteiger partial charge on any atom is -0.496 e. The maximum Gasteiger partial charge on any atom is 0.203 e. The van der Waals surface area contributed by atoms with Crippen LogP contribution in [0.25, 0.3) is 0 Å². The van der Waals surface area contributed by atoms with Gasteiger partial charge in [0.1, 0.15) is 17.8 Å². The first-order valence-electron chi connectivity index (χ1n) is 6.09. The molecule has 0 unspecified atom stereocenters. The number of carbonyl (C=O) groups excluding carboxylic acids is 2. The fourth-order valence-electron chi connectivity index (χ4n) is 1.74. The number of para-hydroxylation sites is 1. The van der Waals surface area contributed by atoms with Gasteiger partial charge in [0, 0.05) is 5.56 Å². The van der Waals surface area contributed by atoms with E-state index >= 15 is 0 Å². The van der Waals surface area contributed by atoms with Crippen molar-refractivity contribution in [3.05, 3.63) is 59.7 Å². The average molecular weight is 270 g/mol. The number of carbonyl (C=O) groups is 2. The first-order chi connectivity index (χ1) is 9.74. The molecule has 2 aromatic carbocycles. The van der Waals surface area contributed by atoms with Crippen LogP contribution in [0.2, 0.25) is 0 Å². The van der Waals surface area contributed by atoms with Crippen LogP contribution in [0.15, 0.2) is 48.5 Å². The van der Waals surface area contributed by atoms with Crippen molar-refractivity contribution >= 4 is 12.1 Å². The summed E-state index contributed by atoms with van der Waals surface area (Å²) in [6, 6.07) is 13.6. The van der Waals surface area contributed by atoms with Crippen LogP contribution in [0.4, 0.5) is 0 Å². The zero-order valence-corrected chi connectivity index (χ0v) is 11.0. The summed E-state index contributed by atoms with van der Waals surface area (Å²) in [5.41, 5.74) is 1.05. The van der Waals surface area contributed by atoms with E-state index in [4.69, 9.17) is 9.47 Å². The predicted molar refractivity (Wildman–Crippen MR) is 74.6 cm³/mol. The van der Waals surface area contributed by atoms with Crippen molar-refractivity contribution in [3.8, 4) is 11.5 Å². The third kappa shape index (κ3) is 3.23. The lowest BCUT2D eigenvalue weighted by Gasteiger charge is -2.08. The fraction of sp³-hybridized carbons (Fsp3) is 0.125. The number of ketones is 1. The van der Waals surface area contributed by atoms with Gasteiger partial charge >= 0.3 is 0 Å². The van der Waals surface area contributed by atoms with Gasteiger partial charge in [0.15, 0.2) is 6.61 Å². The van der Waals surface area contributed by atoms with E-state index in [0.717, 1.165) is 6.29 Å². The number of benzene rings is 2. The summed E-state index contributed by atoms with van der Waals surface area (Å²) in [5.74, 6) is 0.901. The largest absolute Gasteiger partial charge is 0.496 e. The maximum absolute atomic E-state index is 12.1. The van der Waals surface area contributed by atoms with Gasteiger partial charge in [-0.2, -0.15) is 0 Å². The number of aldehydes is 1. The lowest BCUT2D eigenvalue weighted by atomic mass is 10.1. The number of hydrogen-bond donors (Lipinski definition) is 0. The third-order valence-corrected chi connectivity index (χ3v) is 2.79. The van der Waals surface area contributed by atoms with Crippen LogP contribution in [-0.4, -0.2) is 25.8 Å². The van der Waals surface area contributed by atoms with Crippen molar-refractivity contribution in [2.24, 2.45) is 0 Å². The molecule has 102 valence electrons. The summed E-state index contributed by atoms with van der Waals surface area (Å²) in [6.45, 7) is -0.0825. The Morgan fingerprint density at radius 3 is 2.45 bits per heavy atom. The molecule has 0 N–H and O–H groups in total. The van der Waals surface area contributed by atoms with E-state index in [1.54, 1.807) is 48.5 Å². The van der Waals surface area contributed by atoms with Crippen molar-refractivity contribution in [1.82, 2.24) is 0 Å². The second-order valence-electron chi connectivity index (χ2n) is 4.10. The standard InChI is InChI=1S/C16H14O4/c1-19-16-5-3-2-4-14(16)15(18)11-20-13-8-6-12(10-17)7-9-13/h2-10H,11H2,1H3. The van der Waals surface area contributed by atoms with Gasteiger partial charge in [-0.1, -0.05) is 12.1 Å². The molecule has 0 aliphatic rings. The molecule has 0 heterocycles. The van der Waals surface area contributed by atoms with E-state index < -0.39 is 0 Å². The fourth-order valence-corrected chi connectivity index (χ4v) is 1.74. The molecule has 0 amide bonds. The minimum absolute atomic E-state index is 0.0825. The Morgan fingerprint density at radius 1 is 1.10 bits per heavy atom. The van der Waals surface area contributed by atoms with E-state index in [9.17, 15) is 9.59 Å². The molecule has 4 heteroatoms. The van der Waals surface area contributed by atoms with Gasteiger partial charge in [-0.05, 0) is 36.4 Å². The second kappa shape index (κ2) is 6.52. The number of rotatable bonds is 6. The summed E-state index contributed by atoms with van der Waals surface area (Å²) in [4.78, 5) is 22.6. The van der Waals surface area contributed by atoms with E-state index in [1.807, 2.05) is 0 Å². The van der Waals surface area contributed by atoms with Crippen molar-refractivity contribution in [2.75, 3.05) is 13.7 Å². The Morgan fingerprint density at radius 2 is 1.80 bits per heavy atom. The smallest absolute Gasteiger partial charge is 0.203 e. The van der Waals surface area contributed by atoms with Crippen LogP contribution in [0.5, 0.6) is 11.5 Å². The van der Waals surface area contributed by atoms with Gasteiger partial charge in [0.05, 0.1) is 12.7 Å². The van der Waals surface area contributed by atoms with Gasteiger partial charge in [-0.25, -0.2) is 0 Å². The highest BCUT2D eigenvalue weighted by Gasteiger charge is 2.12. The first kappa shape index (κ1) is 13.8. The molecule has 20 heavy (non-hydrogen) atoms. The molecule has 0 fully saturated rings. The highest BCUT2D eigenvalue weighted by atomic mass is 16.5. The predicted octanol–water partition coefficient (Wildman–Crippen LogP) is 2.77. The van der Waals surface area contributed by atoms with Crippen LogP contribution in [0, 0.1) is 0 Å². The molecule has 0 saturated heterocycles. The topological polar surface area (TPSA) is 52.6 Å². The Bertz CT molecular complexity index is 602. The molecule has 0 aliphatic heterocycles. The van der Waals surface area contributed by atoms with Crippen LogP contribution in [0.3, 0.4) is 0 Å². The van der Waals surface area contributed by atoms with E-state index in [0.29, 0.717) is 22.6 Å². The molecule has 2 rings (SSSR count). The normalized spacial score (nSPS) is 9.85. The van der Waals surface area contributed by atoms with Gasteiger partial charge in [0.25, 0.3) is 0 Å². The third-order valence-electron chi connectivity index (χ3n) is 2.79. The van der Waals surface area contributed by atoms with Crippen molar-refractivity contribution in [1.29, 1.82) is 0 Å². The highest BCUT2D eigenvalue weighted by molar-refractivity contribution is 5.99. The van der Waals surface area contributed by atoms with E-state index in [2.05, 4.69) is 0 Å². The lowest BCUT2D eigenvalue weighted by Crippen LogP contribution is -2.12. The SMILES string of the molecule is COc1ccccc1C(=O)COc1ccc(C=O)cc1. The Hall–Kier alpha value is -2.62. The Labute approximate surface area is 116 Å². The van der Waals surface area contributed by atoms with Crippen molar-refractivity contribution < 1.29 is 19.1 Å². The monoisotopic (exact) mass is 270 g/mol. The molecule has 0 radical (unpaired) electrons. The van der Waals surface area contributed by atoms with Gasteiger partial charge < -0.3 is 9.47 Å². The zero-order valence-electron chi connectivity index (χ0n) is 11.0. The summed E-state index contributed by atoms with van der Waals surface area (Å²) in [5, 5.41) is 0. The maximum atomic E-state index is 12.1. The van der Waals surface area contributed by atoms with Crippen molar-refractivity contribution in [2.45, 2.75) is 0 Å². The molecule has 0 bridgehead atoms. The molecule has 0 spiro atoms. The van der Waals surface area contributed by atoms with Crippen LogP contribution < -0.4 is 9.47 Å². The Kier molecular flexibility index (Phi) is 4.50. The second-order valence-corrected chi connectivity index (χ2v) is 4.10. The van der Waals surface area contributed by atoms with Crippen molar-refractivity contribution in [3.63, 3.8) is 0 Å². The van der Waals surface area contributed by atoms with Crippen LogP contribution in [0.1, 0.15) is 20.7 Å². The molecule has 0 aromatic heterocycles. The Balaban J connectivity index is 2.02. The van der Waals surface area contributed by atoms with Crippen LogP contribution >= 0.6 is 0 Å². The van der Waals surface area contributed by atoms with Crippen LogP contribution in [-0.2, 0) is 0 Å². The molecule has 4 nitrogen and oxygen atoms in total. The number of methoxy groups -OCH3 is 1. The highest BCUT2D eigenvalue weighted by Crippen LogP contribution is 2.18. The average Bonchev–Trinajstić information content (AvgIpc) is 2.53. The molecular weight excluding hydrogens is 256 g/mol. The minimum atomic E-state index is -0.165. The first-order valence-corrected chi connectivity index (χ1v) is 6.09.